The first kappa shape index (κ1) is 10.7. The number of benzene rings is 1. The molecule has 0 saturated carbocycles. The number of halogens is 1. The molecule has 2 atom stereocenters. The van der Waals surface area contributed by atoms with Gasteiger partial charge in [0, 0.05) is 17.1 Å². The first-order valence-electron chi connectivity index (χ1n) is 5.37. The zero-order chi connectivity index (χ0) is 10.8. The van der Waals surface area contributed by atoms with Crippen molar-refractivity contribution in [3.8, 4) is 0 Å². The number of hydrogen-bond acceptors (Lipinski definition) is 1. The monoisotopic (exact) mass is 221 g/mol. The summed E-state index contributed by atoms with van der Waals surface area (Å²) in [4.78, 5) is 0. The lowest BCUT2D eigenvalue weighted by Gasteiger charge is -2.17. The summed E-state index contributed by atoms with van der Waals surface area (Å²) in [7, 11) is 0. The normalized spacial score (nSPS) is 21.1. The van der Waals surface area contributed by atoms with Gasteiger partial charge in [0.25, 0.3) is 0 Å². The maximum absolute atomic E-state index is 5.97. The minimum absolute atomic E-state index is 0.358. The lowest BCUT2D eigenvalue weighted by Crippen LogP contribution is -2.27. The van der Waals surface area contributed by atoms with Crippen LogP contribution in [0.4, 0.5) is 0 Å². The Kier molecular flexibility index (Phi) is 3.13. The van der Waals surface area contributed by atoms with Crippen molar-refractivity contribution in [2.24, 2.45) is 0 Å². The Morgan fingerprint density at radius 1 is 1.60 bits per heavy atom. The highest BCUT2D eigenvalue weighted by Crippen LogP contribution is 2.33. The summed E-state index contributed by atoms with van der Waals surface area (Å²) < 4.78 is 0. The molecule has 15 heavy (non-hydrogen) atoms. The van der Waals surface area contributed by atoms with Crippen molar-refractivity contribution in [1.82, 2.24) is 5.32 Å². The van der Waals surface area contributed by atoms with Gasteiger partial charge >= 0.3 is 0 Å². The van der Waals surface area contributed by atoms with Gasteiger partial charge < -0.3 is 5.32 Å². The van der Waals surface area contributed by atoms with Gasteiger partial charge in [-0.05, 0) is 43.0 Å². The van der Waals surface area contributed by atoms with Crippen LogP contribution in [0.3, 0.4) is 0 Å². The molecule has 0 saturated heterocycles. The molecule has 80 valence electrons. The summed E-state index contributed by atoms with van der Waals surface area (Å²) >= 11 is 5.97. The van der Waals surface area contributed by atoms with E-state index in [0.717, 1.165) is 17.9 Å². The Hall–Kier alpha value is -0.790. The van der Waals surface area contributed by atoms with Crippen LogP contribution in [0.25, 0.3) is 0 Å². The van der Waals surface area contributed by atoms with Crippen molar-refractivity contribution >= 4 is 11.6 Å². The summed E-state index contributed by atoms with van der Waals surface area (Å²) in [6.45, 7) is 5.92. The summed E-state index contributed by atoms with van der Waals surface area (Å²) in [5, 5.41) is 4.38. The van der Waals surface area contributed by atoms with E-state index in [2.05, 4.69) is 31.0 Å². The SMILES string of the molecule is C=CC(C)NC1CCc2cc(Cl)ccc21. The predicted octanol–water partition coefficient (Wildman–Crippen LogP) is 3.49. The van der Waals surface area contributed by atoms with Crippen LogP contribution < -0.4 is 5.32 Å². The Morgan fingerprint density at radius 2 is 2.40 bits per heavy atom. The maximum Gasteiger partial charge on any atom is 0.0408 e. The second-order valence-corrected chi connectivity index (χ2v) is 4.56. The van der Waals surface area contributed by atoms with Crippen molar-refractivity contribution in [2.75, 3.05) is 0 Å². The highest BCUT2D eigenvalue weighted by molar-refractivity contribution is 6.30. The Labute approximate surface area is 96.1 Å². The molecule has 1 aromatic rings. The fourth-order valence-electron chi connectivity index (χ4n) is 2.14. The van der Waals surface area contributed by atoms with Gasteiger partial charge in [0.2, 0.25) is 0 Å². The fourth-order valence-corrected chi connectivity index (χ4v) is 2.34. The largest absolute Gasteiger partial charge is 0.304 e. The third kappa shape index (κ3) is 2.24. The van der Waals surface area contributed by atoms with Crippen LogP contribution in [-0.2, 0) is 6.42 Å². The van der Waals surface area contributed by atoms with Crippen molar-refractivity contribution in [3.63, 3.8) is 0 Å². The average molecular weight is 222 g/mol. The summed E-state index contributed by atoms with van der Waals surface area (Å²) in [6, 6.07) is 7.01. The first-order valence-corrected chi connectivity index (χ1v) is 5.75. The van der Waals surface area contributed by atoms with E-state index in [0.29, 0.717) is 12.1 Å². The summed E-state index contributed by atoms with van der Waals surface area (Å²) in [5.41, 5.74) is 2.78. The van der Waals surface area contributed by atoms with Gasteiger partial charge in [0.05, 0.1) is 0 Å². The molecule has 0 amide bonds. The molecular formula is C13H16ClN. The number of aryl methyl sites for hydroxylation is 1. The molecule has 1 aromatic carbocycles. The summed E-state index contributed by atoms with van der Waals surface area (Å²) in [6.07, 6.45) is 4.22. The lowest BCUT2D eigenvalue weighted by atomic mass is 10.1. The van der Waals surface area contributed by atoms with Gasteiger partial charge in [0.15, 0.2) is 0 Å². The fraction of sp³-hybridized carbons (Fsp3) is 0.385. The molecule has 2 rings (SSSR count). The molecule has 0 aliphatic heterocycles. The zero-order valence-corrected chi connectivity index (χ0v) is 9.72. The van der Waals surface area contributed by atoms with Gasteiger partial charge in [0.1, 0.15) is 0 Å². The zero-order valence-electron chi connectivity index (χ0n) is 8.96. The molecule has 2 heteroatoms. The molecule has 1 aliphatic carbocycles. The predicted molar refractivity (Wildman–Crippen MR) is 65.3 cm³/mol. The minimum Gasteiger partial charge on any atom is -0.304 e. The van der Waals surface area contributed by atoms with E-state index < -0.39 is 0 Å². The van der Waals surface area contributed by atoms with Crippen molar-refractivity contribution < 1.29 is 0 Å². The van der Waals surface area contributed by atoms with E-state index in [1.165, 1.54) is 11.1 Å². The molecule has 1 nitrogen and oxygen atoms in total. The Balaban J connectivity index is 2.18. The van der Waals surface area contributed by atoms with Gasteiger partial charge in [-0.25, -0.2) is 0 Å². The van der Waals surface area contributed by atoms with Crippen LogP contribution in [0.15, 0.2) is 30.9 Å². The Morgan fingerprint density at radius 3 is 3.13 bits per heavy atom. The quantitative estimate of drug-likeness (QED) is 0.771. The van der Waals surface area contributed by atoms with Gasteiger partial charge in [-0.2, -0.15) is 0 Å². The third-order valence-corrected chi connectivity index (χ3v) is 3.24. The molecule has 0 bridgehead atoms. The van der Waals surface area contributed by atoms with Gasteiger partial charge in [-0.3, -0.25) is 0 Å². The van der Waals surface area contributed by atoms with E-state index in [-0.39, 0.29) is 0 Å². The molecule has 1 N–H and O–H groups in total. The smallest absolute Gasteiger partial charge is 0.0408 e. The number of fused-ring (bicyclic) bond motifs is 1. The van der Waals surface area contributed by atoms with Crippen LogP contribution in [0.5, 0.6) is 0 Å². The van der Waals surface area contributed by atoms with E-state index >= 15 is 0 Å². The number of nitrogens with one attached hydrogen (secondary N) is 1. The topological polar surface area (TPSA) is 12.0 Å². The number of rotatable bonds is 3. The summed E-state index contributed by atoms with van der Waals surface area (Å²) in [5.74, 6) is 0. The van der Waals surface area contributed by atoms with Crippen LogP contribution in [0, 0.1) is 0 Å². The maximum atomic E-state index is 5.97. The molecule has 0 spiro atoms. The molecule has 2 unspecified atom stereocenters. The van der Waals surface area contributed by atoms with Crippen LogP contribution in [0.2, 0.25) is 5.02 Å². The number of hydrogen-bond donors (Lipinski definition) is 1. The van der Waals surface area contributed by atoms with Gasteiger partial charge in [-0.1, -0.05) is 23.7 Å². The lowest BCUT2D eigenvalue weighted by molar-refractivity contribution is 0.500. The molecule has 0 aromatic heterocycles. The molecule has 1 aliphatic rings. The van der Waals surface area contributed by atoms with Crippen molar-refractivity contribution in [3.05, 3.63) is 47.0 Å². The van der Waals surface area contributed by atoms with E-state index in [9.17, 15) is 0 Å². The van der Waals surface area contributed by atoms with E-state index in [4.69, 9.17) is 11.6 Å². The highest BCUT2D eigenvalue weighted by Gasteiger charge is 2.22. The first-order chi connectivity index (χ1) is 7.20. The van der Waals surface area contributed by atoms with Crippen molar-refractivity contribution in [2.45, 2.75) is 31.8 Å². The van der Waals surface area contributed by atoms with Crippen LogP contribution in [0.1, 0.15) is 30.5 Å². The average Bonchev–Trinajstić information content (AvgIpc) is 2.60. The molecular weight excluding hydrogens is 206 g/mol. The van der Waals surface area contributed by atoms with Crippen LogP contribution >= 0.6 is 11.6 Å². The molecule has 0 heterocycles. The Bertz CT molecular complexity index is 373. The minimum atomic E-state index is 0.358. The second kappa shape index (κ2) is 4.38. The second-order valence-electron chi connectivity index (χ2n) is 4.13. The van der Waals surface area contributed by atoms with Gasteiger partial charge in [-0.15, -0.1) is 6.58 Å². The van der Waals surface area contributed by atoms with E-state index in [1.54, 1.807) is 0 Å². The molecule has 0 radical (unpaired) electrons. The van der Waals surface area contributed by atoms with E-state index in [1.807, 2.05) is 12.1 Å². The highest BCUT2D eigenvalue weighted by atomic mass is 35.5. The standard InChI is InChI=1S/C13H16ClN/c1-3-9(2)15-13-7-4-10-8-11(14)5-6-12(10)13/h3,5-6,8-9,13,15H,1,4,7H2,2H3. The van der Waals surface area contributed by atoms with Crippen molar-refractivity contribution in [1.29, 1.82) is 0 Å². The molecule has 0 fully saturated rings. The van der Waals surface area contributed by atoms with Crippen LogP contribution in [-0.4, -0.2) is 6.04 Å². The third-order valence-electron chi connectivity index (χ3n) is 3.00.